The van der Waals surface area contributed by atoms with Gasteiger partial charge in [0.2, 0.25) is 0 Å². The molecule has 0 N–H and O–H groups in total. The molecule has 0 aliphatic carbocycles. The Balaban J connectivity index is 1.45. The van der Waals surface area contributed by atoms with Crippen LogP contribution in [-0.4, -0.2) is 36.9 Å². The second-order valence-corrected chi connectivity index (χ2v) is 7.08. The van der Waals surface area contributed by atoms with Crippen LogP contribution in [0.15, 0.2) is 36.9 Å². The van der Waals surface area contributed by atoms with Gasteiger partial charge in [0, 0.05) is 45.1 Å². The first kappa shape index (κ1) is 15.4. The van der Waals surface area contributed by atoms with Gasteiger partial charge in [0.1, 0.15) is 11.5 Å². The summed E-state index contributed by atoms with van der Waals surface area (Å²) in [6.45, 7) is 5.41. The van der Waals surface area contributed by atoms with Gasteiger partial charge in [-0.05, 0) is 49.9 Å². The fourth-order valence-corrected chi connectivity index (χ4v) is 3.79. The molecule has 5 heteroatoms. The molecule has 1 saturated heterocycles. The molecule has 0 spiro atoms. The van der Waals surface area contributed by atoms with E-state index in [1.807, 2.05) is 18.6 Å². The number of aryl methyl sites for hydroxylation is 2. The quantitative estimate of drug-likeness (QED) is 0.741. The molecule has 1 atom stereocenters. The maximum absolute atomic E-state index is 4.56. The van der Waals surface area contributed by atoms with Gasteiger partial charge in [0.05, 0.1) is 11.9 Å². The van der Waals surface area contributed by atoms with Crippen LogP contribution in [0.3, 0.4) is 0 Å². The first-order valence-corrected chi connectivity index (χ1v) is 8.80. The van der Waals surface area contributed by atoms with Gasteiger partial charge in [0.15, 0.2) is 0 Å². The van der Waals surface area contributed by atoms with E-state index >= 15 is 0 Å². The highest BCUT2D eigenvalue weighted by Crippen LogP contribution is 2.22. The number of imidazole rings is 2. The van der Waals surface area contributed by atoms with Crippen LogP contribution in [0.4, 0.5) is 0 Å². The Hall–Kier alpha value is -2.14. The average molecular weight is 323 g/mol. The zero-order valence-electron chi connectivity index (χ0n) is 14.5. The summed E-state index contributed by atoms with van der Waals surface area (Å²) >= 11 is 0. The van der Waals surface area contributed by atoms with E-state index in [0.29, 0.717) is 5.92 Å². The molecule has 3 aromatic heterocycles. The molecule has 0 amide bonds. The van der Waals surface area contributed by atoms with Gasteiger partial charge in [-0.2, -0.15) is 0 Å². The van der Waals surface area contributed by atoms with Crippen molar-refractivity contribution in [3.8, 4) is 0 Å². The number of rotatable bonds is 4. The van der Waals surface area contributed by atoms with Crippen molar-refractivity contribution in [2.75, 3.05) is 13.1 Å². The Morgan fingerprint density at radius 1 is 1.25 bits per heavy atom. The van der Waals surface area contributed by atoms with Crippen molar-refractivity contribution in [1.82, 2.24) is 23.8 Å². The van der Waals surface area contributed by atoms with E-state index in [4.69, 9.17) is 0 Å². The van der Waals surface area contributed by atoms with Crippen LogP contribution in [0.25, 0.3) is 5.65 Å². The van der Waals surface area contributed by atoms with Crippen molar-refractivity contribution in [1.29, 1.82) is 0 Å². The molecule has 4 rings (SSSR count). The fraction of sp³-hybridized carbons (Fsp3) is 0.474. The topological polar surface area (TPSA) is 38.4 Å². The first-order chi connectivity index (χ1) is 11.7. The molecule has 126 valence electrons. The highest BCUT2D eigenvalue weighted by Gasteiger charge is 2.22. The van der Waals surface area contributed by atoms with Gasteiger partial charge >= 0.3 is 0 Å². The molecule has 0 saturated carbocycles. The number of pyridine rings is 1. The molecule has 5 nitrogen and oxygen atoms in total. The van der Waals surface area contributed by atoms with Crippen LogP contribution in [0, 0.1) is 12.8 Å². The van der Waals surface area contributed by atoms with Crippen molar-refractivity contribution >= 4 is 5.65 Å². The molecule has 1 unspecified atom stereocenters. The molecular formula is C19H25N5. The van der Waals surface area contributed by atoms with Gasteiger partial charge in [-0.15, -0.1) is 0 Å². The molecule has 3 aromatic rings. The van der Waals surface area contributed by atoms with E-state index in [9.17, 15) is 0 Å². The van der Waals surface area contributed by atoms with E-state index in [0.717, 1.165) is 25.2 Å². The highest BCUT2D eigenvalue weighted by molar-refractivity contribution is 5.42. The van der Waals surface area contributed by atoms with E-state index < -0.39 is 0 Å². The summed E-state index contributed by atoms with van der Waals surface area (Å²) in [4.78, 5) is 11.6. The zero-order valence-corrected chi connectivity index (χ0v) is 14.5. The van der Waals surface area contributed by atoms with E-state index in [1.165, 1.54) is 36.5 Å². The maximum atomic E-state index is 4.56. The van der Waals surface area contributed by atoms with Crippen LogP contribution in [0.2, 0.25) is 0 Å². The molecular weight excluding hydrogens is 298 g/mol. The lowest BCUT2D eigenvalue weighted by Crippen LogP contribution is -2.36. The van der Waals surface area contributed by atoms with Crippen LogP contribution in [0.1, 0.15) is 29.9 Å². The summed E-state index contributed by atoms with van der Waals surface area (Å²) in [7, 11) is 2.09. The van der Waals surface area contributed by atoms with Gasteiger partial charge in [-0.25, -0.2) is 9.97 Å². The monoisotopic (exact) mass is 323 g/mol. The van der Waals surface area contributed by atoms with Crippen LogP contribution in [0.5, 0.6) is 0 Å². The smallest absolute Gasteiger partial charge is 0.137 e. The van der Waals surface area contributed by atoms with Crippen molar-refractivity contribution in [2.45, 2.75) is 32.7 Å². The Morgan fingerprint density at radius 3 is 3.00 bits per heavy atom. The minimum atomic E-state index is 0.696. The van der Waals surface area contributed by atoms with Gasteiger partial charge < -0.3 is 8.97 Å². The maximum Gasteiger partial charge on any atom is 0.137 e. The Kier molecular flexibility index (Phi) is 4.10. The average Bonchev–Trinajstić information content (AvgIpc) is 3.14. The van der Waals surface area contributed by atoms with Crippen LogP contribution >= 0.6 is 0 Å². The molecule has 0 bridgehead atoms. The summed E-state index contributed by atoms with van der Waals surface area (Å²) in [5.41, 5.74) is 3.59. The highest BCUT2D eigenvalue weighted by atomic mass is 15.2. The second kappa shape index (κ2) is 6.40. The Morgan fingerprint density at radius 2 is 2.17 bits per heavy atom. The van der Waals surface area contributed by atoms with Crippen molar-refractivity contribution in [3.05, 3.63) is 54.0 Å². The Bertz CT molecular complexity index is 831. The van der Waals surface area contributed by atoms with Crippen molar-refractivity contribution < 1.29 is 0 Å². The van der Waals surface area contributed by atoms with Crippen LogP contribution in [-0.2, 0) is 20.0 Å². The van der Waals surface area contributed by atoms with Crippen LogP contribution < -0.4 is 0 Å². The largest absolute Gasteiger partial charge is 0.338 e. The third kappa shape index (κ3) is 3.08. The number of piperidine rings is 1. The number of nitrogens with zero attached hydrogens (tertiary/aromatic N) is 5. The molecule has 0 radical (unpaired) electrons. The SMILES string of the molecule is Cc1ccn2c(CN3CCCC(Cc4nccn4C)C3)cnc2c1. The summed E-state index contributed by atoms with van der Waals surface area (Å²) in [5, 5.41) is 0. The summed E-state index contributed by atoms with van der Waals surface area (Å²) in [6.07, 6.45) is 11.7. The number of hydrogen-bond donors (Lipinski definition) is 0. The number of aromatic nitrogens is 4. The molecule has 1 aliphatic rings. The van der Waals surface area contributed by atoms with E-state index in [-0.39, 0.29) is 0 Å². The van der Waals surface area contributed by atoms with Crippen molar-refractivity contribution in [2.24, 2.45) is 13.0 Å². The number of likely N-dealkylation sites (tertiary alicyclic amines) is 1. The van der Waals surface area contributed by atoms with E-state index in [2.05, 4.69) is 56.1 Å². The van der Waals surface area contributed by atoms with Gasteiger partial charge in [-0.1, -0.05) is 0 Å². The van der Waals surface area contributed by atoms with Gasteiger partial charge in [0.25, 0.3) is 0 Å². The van der Waals surface area contributed by atoms with E-state index in [1.54, 1.807) is 0 Å². The fourth-order valence-electron chi connectivity index (χ4n) is 3.79. The summed E-state index contributed by atoms with van der Waals surface area (Å²) < 4.78 is 4.36. The lowest BCUT2D eigenvalue weighted by molar-refractivity contribution is 0.163. The molecule has 24 heavy (non-hydrogen) atoms. The molecule has 1 fully saturated rings. The first-order valence-electron chi connectivity index (χ1n) is 8.80. The second-order valence-electron chi connectivity index (χ2n) is 7.08. The third-order valence-electron chi connectivity index (χ3n) is 5.13. The molecule has 4 heterocycles. The minimum absolute atomic E-state index is 0.696. The van der Waals surface area contributed by atoms with Gasteiger partial charge in [-0.3, -0.25) is 4.90 Å². The predicted molar refractivity (Wildman–Crippen MR) is 94.8 cm³/mol. The lowest BCUT2D eigenvalue weighted by Gasteiger charge is -2.32. The summed E-state index contributed by atoms with van der Waals surface area (Å²) in [6, 6.07) is 4.29. The standard InChI is InChI=1S/C19H25N5/c1-15-5-8-24-17(12-21-19(24)10-15)14-23-7-3-4-16(13-23)11-18-20-6-9-22(18)2/h5-6,8-10,12,16H,3-4,7,11,13-14H2,1-2H3. The molecule has 1 aliphatic heterocycles. The van der Waals surface area contributed by atoms with Crippen molar-refractivity contribution in [3.63, 3.8) is 0 Å². The number of fused-ring (bicyclic) bond motifs is 1. The third-order valence-corrected chi connectivity index (χ3v) is 5.13. The Labute approximate surface area is 143 Å². The lowest BCUT2D eigenvalue weighted by atomic mass is 9.94. The summed E-state index contributed by atoms with van der Waals surface area (Å²) in [5.74, 6) is 1.90. The zero-order chi connectivity index (χ0) is 16.5. The molecule has 0 aromatic carbocycles. The minimum Gasteiger partial charge on any atom is -0.338 e. The normalized spacial score (nSPS) is 19.2. The predicted octanol–water partition coefficient (Wildman–Crippen LogP) is 2.83. The number of hydrogen-bond acceptors (Lipinski definition) is 3.